The fourth-order valence-electron chi connectivity index (χ4n) is 2.86. The number of likely N-dealkylation sites (N-methyl/N-ethyl adjacent to an activating group) is 1. The Kier molecular flexibility index (Phi) is 5.84. The van der Waals surface area contributed by atoms with E-state index in [-0.39, 0.29) is 24.4 Å². The molecule has 0 aliphatic heterocycles. The molecule has 3 aromatic rings. The molecule has 2 amide bonds. The van der Waals surface area contributed by atoms with Crippen molar-refractivity contribution >= 4 is 11.8 Å². The minimum Gasteiger partial charge on any atom is -0.343 e. The number of amides is 2. The molecule has 0 fully saturated rings. The number of aryl methyl sites for hydroxylation is 1. The van der Waals surface area contributed by atoms with Crippen molar-refractivity contribution in [2.24, 2.45) is 0 Å². The van der Waals surface area contributed by atoms with E-state index in [1.807, 2.05) is 50.2 Å². The van der Waals surface area contributed by atoms with Gasteiger partial charge < -0.3 is 10.2 Å². The van der Waals surface area contributed by atoms with Gasteiger partial charge in [0.15, 0.2) is 0 Å². The Morgan fingerprint density at radius 2 is 1.93 bits per heavy atom. The topological polar surface area (TPSA) is 80.1 Å². The van der Waals surface area contributed by atoms with Crippen LogP contribution in [0.1, 0.15) is 34.5 Å². The van der Waals surface area contributed by atoms with Crippen LogP contribution in [0.25, 0.3) is 5.69 Å². The highest BCUT2D eigenvalue weighted by Gasteiger charge is 2.18. The van der Waals surface area contributed by atoms with Gasteiger partial charge in [-0.3, -0.25) is 9.59 Å². The number of rotatable bonds is 6. The monoisotopic (exact) mass is 377 g/mol. The van der Waals surface area contributed by atoms with E-state index in [1.165, 1.54) is 6.33 Å². The molecule has 0 bridgehead atoms. The summed E-state index contributed by atoms with van der Waals surface area (Å²) in [6.07, 6.45) is 3.11. The maximum atomic E-state index is 12.5. The normalized spacial score (nSPS) is 11.7. The number of hydrogen-bond donors (Lipinski definition) is 1. The molecule has 1 heterocycles. The molecule has 0 spiro atoms. The molecule has 0 radical (unpaired) electrons. The van der Waals surface area contributed by atoms with E-state index >= 15 is 0 Å². The molecule has 3 rings (SSSR count). The van der Waals surface area contributed by atoms with Gasteiger partial charge in [-0.15, -0.1) is 0 Å². The Balaban J connectivity index is 1.58. The molecule has 0 saturated heterocycles. The number of benzene rings is 2. The molecular weight excluding hydrogens is 354 g/mol. The average molecular weight is 377 g/mol. The summed E-state index contributed by atoms with van der Waals surface area (Å²) in [6.45, 7) is 3.82. The first-order valence-electron chi connectivity index (χ1n) is 9.01. The Hall–Kier alpha value is -3.48. The number of nitrogens with zero attached hydrogens (tertiary/aromatic N) is 4. The van der Waals surface area contributed by atoms with Crippen molar-refractivity contribution in [2.75, 3.05) is 13.6 Å². The lowest BCUT2D eigenvalue weighted by Gasteiger charge is -2.25. The molecule has 7 heteroatoms. The Labute approximate surface area is 164 Å². The van der Waals surface area contributed by atoms with Crippen molar-refractivity contribution in [3.63, 3.8) is 0 Å². The highest BCUT2D eigenvalue weighted by molar-refractivity contribution is 5.96. The number of carbonyl (C=O) groups is 2. The zero-order valence-electron chi connectivity index (χ0n) is 16.2. The lowest BCUT2D eigenvalue weighted by Crippen LogP contribution is -2.39. The van der Waals surface area contributed by atoms with Gasteiger partial charge in [0.1, 0.15) is 12.7 Å². The predicted molar refractivity (Wildman–Crippen MR) is 106 cm³/mol. The quantitative estimate of drug-likeness (QED) is 0.716. The van der Waals surface area contributed by atoms with Crippen molar-refractivity contribution in [3.8, 4) is 5.69 Å². The van der Waals surface area contributed by atoms with Crippen LogP contribution >= 0.6 is 0 Å². The summed E-state index contributed by atoms with van der Waals surface area (Å²) in [5, 5.41) is 6.79. The molecule has 1 aromatic heterocycles. The second-order valence-electron chi connectivity index (χ2n) is 6.66. The van der Waals surface area contributed by atoms with Gasteiger partial charge in [-0.2, -0.15) is 5.10 Å². The van der Waals surface area contributed by atoms with Gasteiger partial charge in [0.05, 0.1) is 18.3 Å². The third-order valence-corrected chi connectivity index (χ3v) is 4.71. The summed E-state index contributed by atoms with van der Waals surface area (Å²) >= 11 is 0. The lowest BCUT2D eigenvalue weighted by molar-refractivity contribution is -0.130. The van der Waals surface area contributed by atoms with Gasteiger partial charge in [0, 0.05) is 12.6 Å². The molecule has 2 aromatic carbocycles. The highest BCUT2D eigenvalue weighted by Crippen LogP contribution is 2.20. The van der Waals surface area contributed by atoms with Crippen molar-refractivity contribution < 1.29 is 9.59 Å². The van der Waals surface area contributed by atoms with E-state index in [9.17, 15) is 9.59 Å². The van der Waals surface area contributed by atoms with Gasteiger partial charge in [0.25, 0.3) is 5.91 Å². The molecule has 0 aliphatic carbocycles. The van der Waals surface area contributed by atoms with Crippen LogP contribution in [-0.2, 0) is 4.79 Å². The van der Waals surface area contributed by atoms with Gasteiger partial charge in [-0.25, -0.2) is 9.67 Å². The Morgan fingerprint density at radius 1 is 1.18 bits per heavy atom. The minimum atomic E-state index is -0.254. The largest absolute Gasteiger partial charge is 0.343 e. The third kappa shape index (κ3) is 4.43. The van der Waals surface area contributed by atoms with E-state index < -0.39 is 0 Å². The molecule has 0 unspecified atom stereocenters. The smallest absolute Gasteiger partial charge is 0.251 e. The zero-order chi connectivity index (χ0) is 20.1. The summed E-state index contributed by atoms with van der Waals surface area (Å²) in [5.74, 6) is -0.413. The summed E-state index contributed by atoms with van der Waals surface area (Å²) in [4.78, 5) is 30.3. The number of aromatic nitrogens is 3. The number of carbonyl (C=O) groups excluding carboxylic acids is 2. The molecule has 1 atom stereocenters. The third-order valence-electron chi connectivity index (χ3n) is 4.71. The molecule has 28 heavy (non-hydrogen) atoms. The number of nitrogens with one attached hydrogen (secondary N) is 1. The minimum absolute atomic E-state index is 0.0509. The highest BCUT2D eigenvalue weighted by atomic mass is 16.2. The second-order valence-corrected chi connectivity index (χ2v) is 6.66. The van der Waals surface area contributed by atoms with Gasteiger partial charge >= 0.3 is 0 Å². The SMILES string of the molecule is Cc1cccc(C(=O)NCC(=O)N(C)[C@H](C)c2ccc(-n3cncn3)cc2)c1. The van der Waals surface area contributed by atoms with Crippen molar-refractivity contribution in [1.29, 1.82) is 0 Å². The average Bonchev–Trinajstić information content (AvgIpc) is 3.25. The van der Waals surface area contributed by atoms with Crippen LogP contribution in [0.3, 0.4) is 0 Å². The van der Waals surface area contributed by atoms with Crippen LogP contribution in [0.2, 0.25) is 0 Å². The standard InChI is InChI=1S/C21H23N5O2/c1-15-5-4-6-18(11-15)21(28)23-12-20(27)25(3)16(2)17-7-9-19(10-8-17)26-14-22-13-24-26/h4-11,13-14,16H,12H2,1-3H3,(H,23,28)/t16-/m1/s1. The first kappa shape index (κ1) is 19.3. The van der Waals surface area contributed by atoms with Gasteiger partial charge in [-0.05, 0) is 43.7 Å². The van der Waals surface area contributed by atoms with Crippen LogP contribution in [-0.4, -0.2) is 45.1 Å². The molecule has 1 N–H and O–H groups in total. The summed E-state index contributed by atoms with van der Waals surface area (Å²) in [6, 6.07) is 14.9. The van der Waals surface area contributed by atoms with E-state index in [0.29, 0.717) is 5.56 Å². The van der Waals surface area contributed by atoms with E-state index in [1.54, 1.807) is 35.1 Å². The van der Waals surface area contributed by atoms with Crippen LogP contribution in [0, 0.1) is 6.92 Å². The first-order valence-corrected chi connectivity index (χ1v) is 9.01. The fraction of sp³-hybridized carbons (Fsp3) is 0.238. The summed E-state index contributed by atoms with van der Waals surface area (Å²) < 4.78 is 1.67. The Bertz CT molecular complexity index is 951. The van der Waals surface area contributed by atoms with Crippen molar-refractivity contribution in [3.05, 3.63) is 77.9 Å². The zero-order valence-corrected chi connectivity index (χ0v) is 16.2. The van der Waals surface area contributed by atoms with Crippen LogP contribution < -0.4 is 5.32 Å². The predicted octanol–water partition coefficient (Wildman–Crippen LogP) is 2.53. The van der Waals surface area contributed by atoms with Crippen LogP contribution in [0.4, 0.5) is 0 Å². The molecule has 144 valence electrons. The molecule has 0 saturated carbocycles. The van der Waals surface area contributed by atoms with Crippen LogP contribution in [0.15, 0.2) is 61.2 Å². The Morgan fingerprint density at radius 3 is 2.57 bits per heavy atom. The van der Waals surface area contributed by atoms with Crippen LogP contribution in [0.5, 0.6) is 0 Å². The first-order chi connectivity index (χ1) is 13.5. The van der Waals surface area contributed by atoms with Crippen molar-refractivity contribution in [2.45, 2.75) is 19.9 Å². The summed E-state index contributed by atoms with van der Waals surface area (Å²) in [7, 11) is 1.73. The fourth-order valence-corrected chi connectivity index (χ4v) is 2.86. The lowest BCUT2D eigenvalue weighted by atomic mass is 10.1. The van der Waals surface area contributed by atoms with E-state index in [2.05, 4.69) is 15.4 Å². The van der Waals surface area contributed by atoms with E-state index in [0.717, 1.165) is 16.8 Å². The maximum absolute atomic E-state index is 12.5. The summed E-state index contributed by atoms with van der Waals surface area (Å²) in [5.41, 5.74) is 3.43. The van der Waals surface area contributed by atoms with Gasteiger partial charge in [0.2, 0.25) is 5.91 Å². The maximum Gasteiger partial charge on any atom is 0.251 e. The molecule has 7 nitrogen and oxygen atoms in total. The molecular formula is C21H23N5O2. The number of hydrogen-bond acceptors (Lipinski definition) is 4. The van der Waals surface area contributed by atoms with Gasteiger partial charge in [-0.1, -0.05) is 29.8 Å². The van der Waals surface area contributed by atoms with Crippen molar-refractivity contribution in [1.82, 2.24) is 25.0 Å². The molecule has 0 aliphatic rings. The second kappa shape index (κ2) is 8.47. The van der Waals surface area contributed by atoms with E-state index in [4.69, 9.17) is 0 Å².